The van der Waals surface area contributed by atoms with Gasteiger partial charge in [-0.1, -0.05) is 30.3 Å². The van der Waals surface area contributed by atoms with E-state index < -0.39 is 0 Å². The van der Waals surface area contributed by atoms with Crippen LogP contribution < -0.4 is 5.73 Å². The van der Waals surface area contributed by atoms with Crippen LogP contribution >= 0.6 is 0 Å². The Morgan fingerprint density at radius 1 is 0.818 bits per heavy atom. The molecular formula is C19H13N3. The summed E-state index contributed by atoms with van der Waals surface area (Å²) in [5.41, 5.74) is 10.5. The van der Waals surface area contributed by atoms with Crippen LogP contribution in [-0.4, -0.2) is 4.57 Å². The summed E-state index contributed by atoms with van der Waals surface area (Å²) in [5.74, 6) is 0. The number of rotatable bonds is 1. The molecule has 3 nitrogen and oxygen atoms in total. The Morgan fingerprint density at radius 3 is 2.23 bits per heavy atom. The van der Waals surface area contributed by atoms with Gasteiger partial charge in [-0.05, 0) is 36.4 Å². The summed E-state index contributed by atoms with van der Waals surface area (Å²) in [5, 5.41) is 11.5. The van der Waals surface area contributed by atoms with Gasteiger partial charge < -0.3 is 10.3 Å². The highest BCUT2D eigenvalue weighted by Crippen LogP contribution is 2.33. The molecule has 104 valence electrons. The van der Waals surface area contributed by atoms with Gasteiger partial charge in [-0.15, -0.1) is 0 Å². The van der Waals surface area contributed by atoms with Crippen molar-refractivity contribution < 1.29 is 0 Å². The number of aromatic nitrogens is 1. The Balaban J connectivity index is 2.23. The van der Waals surface area contributed by atoms with Crippen LogP contribution in [0.25, 0.3) is 27.5 Å². The van der Waals surface area contributed by atoms with Gasteiger partial charge in [0, 0.05) is 22.1 Å². The molecule has 0 aliphatic rings. The van der Waals surface area contributed by atoms with E-state index in [-0.39, 0.29) is 0 Å². The van der Waals surface area contributed by atoms with Crippen LogP contribution in [0.1, 0.15) is 5.56 Å². The summed E-state index contributed by atoms with van der Waals surface area (Å²) in [6.45, 7) is 0. The molecule has 0 saturated carbocycles. The van der Waals surface area contributed by atoms with Crippen LogP contribution in [0.2, 0.25) is 0 Å². The fourth-order valence-corrected chi connectivity index (χ4v) is 2.96. The predicted molar refractivity (Wildman–Crippen MR) is 89.9 cm³/mol. The van der Waals surface area contributed by atoms with Gasteiger partial charge in [0.15, 0.2) is 0 Å². The van der Waals surface area contributed by atoms with Gasteiger partial charge in [0.25, 0.3) is 0 Å². The first-order chi connectivity index (χ1) is 10.8. The van der Waals surface area contributed by atoms with Crippen molar-refractivity contribution in [3.05, 3.63) is 72.3 Å². The maximum absolute atomic E-state index is 9.20. The number of benzene rings is 3. The molecule has 0 saturated heterocycles. The van der Waals surface area contributed by atoms with E-state index in [1.807, 2.05) is 54.6 Å². The molecule has 0 spiro atoms. The number of nitrogen functional groups attached to an aromatic ring is 1. The molecule has 1 aromatic heterocycles. The van der Waals surface area contributed by atoms with Crippen LogP contribution in [0.4, 0.5) is 5.69 Å². The minimum atomic E-state index is 0.653. The smallest absolute Gasteiger partial charge is 0.0992 e. The summed E-state index contributed by atoms with van der Waals surface area (Å²) in [4.78, 5) is 0. The minimum absolute atomic E-state index is 0.653. The fraction of sp³-hybridized carbons (Fsp3) is 0. The summed E-state index contributed by atoms with van der Waals surface area (Å²) in [7, 11) is 0. The third-order valence-electron chi connectivity index (χ3n) is 3.93. The van der Waals surface area contributed by atoms with Crippen molar-refractivity contribution in [2.45, 2.75) is 0 Å². The topological polar surface area (TPSA) is 54.7 Å². The highest BCUT2D eigenvalue weighted by atomic mass is 15.0. The largest absolute Gasteiger partial charge is 0.399 e. The van der Waals surface area contributed by atoms with Crippen molar-refractivity contribution in [1.82, 2.24) is 4.57 Å². The van der Waals surface area contributed by atoms with Crippen molar-refractivity contribution in [3.63, 3.8) is 0 Å². The van der Waals surface area contributed by atoms with Gasteiger partial charge in [0.1, 0.15) is 0 Å². The van der Waals surface area contributed by atoms with Crippen molar-refractivity contribution in [1.29, 1.82) is 5.26 Å². The van der Waals surface area contributed by atoms with Crippen molar-refractivity contribution >= 4 is 27.5 Å². The Hall–Kier alpha value is -3.25. The average molecular weight is 283 g/mol. The molecule has 0 atom stereocenters. The maximum atomic E-state index is 9.20. The number of hydrogen-bond donors (Lipinski definition) is 1. The maximum Gasteiger partial charge on any atom is 0.0992 e. The molecule has 3 aromatic carbocycles. The Labute approximate surface area is 127 Å². The first-order valence-corrected chi connectivity index (χ1v) is 7.07. The van der Waals surface area contributed by atoms with E-state index >= 15 is 0 Å². The van der Waals surface area contributed by atoms with Crippen LogP contribution in [0.3, 0.4) is 0 Å². The normalized spacial score (nSPS) is 10.9. The number of para-hydroxylation sites is 1. The summed E-state index contributed by atoms with van der Waals surface area (Å²) in [6, 6.07) is 24.1. The van der Waals surface area contributed by atoms with Gasteiger partial charge in [-0.3, -0.25) is 0 Å². The van der Waals surface area contributed by atoms with Crippen molar-refractivity contribution in [2.24, 2.45) is 0 Å². The van der Waals surface area contributed by atoms with E-state index in [9.17, 15) is 5.26 Å². The minimum Gasteiger partial charge on any atom is -0.399 e. The van der Waals surface area contributed by atoms with Crippen LogP contribution in [0, 0.1) is 11.3 Å². The Bertz CT molecular complexity index is 1040. The molecule has 0 bridgehead atoms. The molecule has 4 aromatic rings. The third kappa shape index (κ3) is 1.75. The summed E-state index contributed by atoms with van der Waals surface area (Å²) < 4.78 is 2.15. The number of anilines is 1. The van der Waals surface area contributed by atoms with Crippen LogP contribution in [-0.2, 0) is 0 Å². The van der Waals surface area contributed by atoms with Crippen molar-refractivity contribution in [2.75, 3.05) is 5.73 Å². The van der Waals surface area contributed by atoms with Gasteiger partial charge in [0.05, 0.1) is 22.7 Å². The molecule has 0 aliphatic carbocycles. The lowest BCUT2D eigenvalue weighted by Gasteiger charge is -2.07. The molecule has 0 aliphatic heterocycles. The van der Waals surface area contributed by atoms with Gasteiger partial charge >= 0.3 is 0 Å². The highest BCUT2D eigenvalue weighted by molar-refractivity contribution is 6.10. The molecular weight excluding hydrogens is 270 g/mol. The summed E-state index contributed by atoms with van der Waals surface area (Å²) >= 11 is 0. The SMILES string of the molecule is N#Cc1ccc2c3ccc(N)cc3n(-c3ccccc3)c2c1. The van der Waals surface area contributed by atoms with Crippen molar-refractivity contribution in [3.8, 4) is 11.8 Å². The molecule has 4 rings (SSSR count). The van der Waals surface area contributed by atoms with Crippen LogP contribution in [0.5, 0.6) is 0 Å². The number of nitrogens with two attached hydrogens (primary N) is 1. The quantitative estimate of drug-likeness (QED) is 0.531. The summed E-state index contributed by atoms with van der Waals surface area (Å²) in [6.07, 6.45) is 0. The first kappa shape index (κ1) is 12.5. The fourth-order valence-electron chi connectivity index (χ4n) is 2.96. The van der Waals surface area contributed by atoms with Gasteiger partial charge in [-0.25, -0.2) is 0 Å². The number of fused-ring (bicyclic) bond motifs is 3. The Morgan fingerprint density at radius 2 is 1.50 bits per heavy atom. The zero-order chi connectivity index (χ0) is 15.1. The molecule has 2 N–H and O–H groups in total. The first-order valence-electron chi connectivity index (χ1n) is 7.07. The molecule has 0 fully saturated rings. The van der Waals surface area contributed by atoms with Gasteiger partial charge in [0.2, 0.25) is 0 Å². The second-order valence-corrected chi connectivity index (χ2v) is 5.29. The lowest BCUT2D eigenvalue weighted by Crippen LogP contribution is -1.94. The molecule has 1 heterocycles. The average Bonchev–Trinajstić information content (AvgIpc) is 2.88. The molecule has 0 amide bonds. The monoisotopic (exact) mass is 283 g/mol. The van der Waals surface area contributed by atoms with E-state index in [0.29, 0.717) is 5.56 Å². The molecule has 22 heavy (non-hydrogen) atoms. The number of nitriles is 1. The number of hydrogen-bond acceptors (Lipinski definition) is 2. The predicted octanol–water partition coefficient (Wildman–Crippen LogP) is 4.24. The Kier molecular flexibility index (Phi) is 2.64. The third-order valence-corrected chi connectivity index (χ3v) is 3.93. The zero-order valence-electron chi connectivity index (χ0n) is 11.8. The van der Waals surface area contributed by atoms with E-state index in [2.05, 4.69) is 22.8 Å². The van der Waals surface area contributed by atoms with Crippen LogP contribution in [0.15, 0.2) is 66.7 Å². The van der Waals surface area contributed by atoms with E-state index in [0.717, 1.165) is 33.2 Å². The lowest BCUT2D eigenvalue weighted by molar-refractivity contribution is 1.18. The standard InChI is InChI=1S/C19H13N3/c20-12-13-6-8-16-17-9-7-14(21)11-19(17)22(18(16)10-13)15-4-2-1-3-5-15/h1-11H,21H2. The molecule has 3 heteroatoms. The molecule has 0 unspecified atom stereocenters. The van der Waals surface area contributed by atoms with E-state index in [1.165, 1.54) is 0 Å². The molecule has 0 radical (unpaired) electrons. The second-order valence-electron chi connectivity index (χ2n) is 5.29. The zero-order valence-corrected chi connectivity index (χ0v) is 11.8. The highest BCUT2D eigenvalue weighted by Gasteiger charge is 2.12. The van der Waals surface area contributed by atoms with E-state index in [4.69, 9.17) is 5.73 Å². The number of nitrogens with zero attached hydrogens (tertiary/aromatic N) is 2. The lowest BCUT2D eigenvalue weighted by atomic mass is 10.1. The second kappa shape index (κ2) is 4.64. The van der Waals surface area contributed by atoms with E-state index in [1.54, 1.807) is 0 Å². The van der Waals surface area contributed by atoms with Gasteiger partial charge in [-0.2, -0.15) is 5.26 Å².